The summed E-state index contributed by atoms with van der Waals surface area (Å²) in [6.45, 7) is 2.57. The molecule has 0 bridgehead atoms. The molecule has 0 unspecified atom stereocenters. The summed E-state index contributed by atoms with van der Waals surface area (Å²) >= 11 is 1.56. The van der Waals surface area contributed by atoms with E-state index in [0.717, 1.165) is 35.1 Å². The van der Waals surface area contributed by atoms with E-state index in [1.165, 1.54) is 0 Å². The van der Waals surface area contributed by atoms with Crippen molar-refractivity contribution in [2.75, 3.05) is 0 Å². The van der Waals surface area contributed by atoms with Gasteiger partial charge >= 0.3 is 0 Å². The van der Waals surface area contributed by atoms with Gasteiger partial charge in [0.1, 0.15) is 22.7 Å². The fourth-order valence-corrected chi connectivity index (χ4v) is 3.96. The Morgan fingerprint density at radius 3 is 2.92 bits per heavy atom. The van der Waals surface area contributed by atoms with Gasteiger partial charge in [-0.25, -0.2) is 4.98 Å². The van der Waals surface area contributed by atoms with Crippen molar-refractivity contribution in [1.82, 2.24) is 25.1 Å². The van der Waals surface area contributed by atoms with Crippen molar-refractivity contribution < 1.29 is 4.79 Å². The van der Waals surface area contributed by atoms with Crippen LogP contribution < -0.4 is 5.32 Å². The maximum absolute atomic E-state index is 12.9. The molecule has 1 N–H and O–H groups in total. The van der Waals surface area contributed by atoms with Crippen molar-refractivity contribution in [3.8, 4) is 0 Å². The smallest absolute Gasteiger partial charge is 0.225 e. The highest BCUT2D eigenvalue weighted by molar-refractivity contribution is 7.09. The van der Waals surface area contributed by atoms with E-state index in [9.17, 15) is 4.79 Å². The van der Waals surface area contributed by atoms with Crippen LogP contribution in [0.2, 0.25) is 0 Å². The van der Waals surface area contributed by atoms with Crippen LogP contribution in [-0.2, 0) is 17.8 Å². The number of aromatic nitrogens is 4. The van der Waals surface area contributed by atoms with E-state index in [2.05, 4.69) is 25.1 Å². The molecule has 7 heteroatoms. The van der Waals surface area contributed by atoms with E-state index in [-0.39, 0.29) is 17.9 Å². The highest BCUT2D eigenvalue weighted by Crippen LogP contribution is 2.26. The Balaban J connectivity index is 1.55. The lowest BCUT2D eigenvalue weighted by molar-refractivity contribution is -0.126. The number of fused-ring (bicyclic) bond motifs is 1. The average molecular weight is 353 g/mol. The fourth-order valence-electron chi connectivity index (χ4n) is 3.25. The lowest BCUT2D eigenvalue weighted by atomic mass is 9.97. The molecule has 3 aromatic rings. The zero-order valence-corrected chi connectivity index (χ0v) is 14.7. The van der Waals surface area contributed by atoms with E-state index in [0.29, 0.717) is 6.54 Å². The quantitative estimate of drug-likeness (QED) is 0.782. The molecule has 1 aliphatic heterocycles. The van der Waals surface area contributed by atoms with Crippen LogP contribution in [0.3, 0.4) is 0 Å². The molecule has 0 aliphatic carbocycles. The number of rotatable bonds is 4. The third-order valence-corrected chi connectivity index (χ3v) is 5.46. The Morgan fingerprint density at radius 1 is 1.32 bits per heavy atom. The van der Waals surface area contributed by atoms with Gasteiger partial charge in [-0.15, -0.1) is 21.5 Å². The first kappa shape index (κ1) is 16.0. The number of thiazole rings is 1. The van der Waals surface area contributed by atoms with Crippen LogP contribution in [0.4, 0.5) is 0 Å². The van der Waals surface area contributed by atoms with Crippen LogP contribution in [-0.4, -0.2) is 25.7 Å². The number of nitrogens with one attached hydrogen (secondary N) is 1. The molecule has 0 fully saturated rings. The zero-order chi connectivity index (χ0) is 17.2. The predicted molar refractivity (Wildman–Crippen MR) is 95.1 cm³/mol. The number of nitrogens with zero attached hydrogens (tertiary/aromatic N) is 4. The first-order chi connectivity index (χ1) is 12.2. The van der Waals surface area contributed by atoms with E-state index >= 15 is 0 Å². The summed E-state index contributed by atoms with van der Waals surface area (Å²) in [4.78, 5) is 17.3. The van der Waals surface area contributed by atoms with Gasteiger partial charge in [-0.2, -0.15) is 0 Å². The monoisotopic (exact) mass is 353 g/mol. The fraction of sp³-hybridized carbons (Fsp3) is 0.333. The summed E-state index contributed by atoms with van der Waals surface area (Å²) < 4.78 is 2.05. The highest BCUT2D eigenvalue weighted by Gasteiger charge is 2.29. The van der Waals surface area contributed by atoms with Crippen LogP contribution in [0, 0.1) is 12.8 Å². The number of carbonyl (C=O) groups excluding carboxylic acids is 1. The first-order valence-corrected chi connectivity index (χ1v) is 9.23. The molecular formula is C18H19N5OS. The molecule has 128 valence electrons. The minimum atomic E-state index is -0.211. The van der Waals surface area contributed by atoms with Gasteiger partial charge < -0.3 is 9.88 Å². The standard InChI is InChI=1S/C18H19N5OS/c1-12-21-22-15-8-7-14(11-23(12)15)17(24)20-16(18-19-9-10-25-18)13-5-3-2-4-6-13/h2-6,9-10,14,16H,7-8,11H2,1H3,(H,20,24)/t14-,16+/m1/s1. The van der Waals surface area contributed by atoms with Crippen molar-refractivity contribution >= 4 is 17.2 Å². The lowest BCUT2D eigenvalue weighted by Gasteiger charge is -2.25. The van der Waals surface area contributed by atoms with Gasteiger partial charge in [-0.3, -0.25) is 4.79 Å². The summed E-state index contributed by atoms with van der Waals surface area (Å²) in [5.41, 5.74) is 1.04. The Labute approximate surface area is 149 Å². The van der Waals surface area contributed by atoms with Crippen molar-refractivity contribution in [3.63, 3.8) is 0 Å². The van der Waals surface area contributed by atoms with Gasteiger partial charge in [-0.05, 0) is 18.9 Å². The molecule has 1 aromatic carbocycles. The lowest BCUT2D eigenvalue weighted by Crippen LogP contribution is -2.38. The van der Waals surface area contributed by atoms with Gasteiger partial charge in [0.2, 0.25) is 5.91 Å². The SMILES string of the molecule is Cc1nnc2n1C[C@H](C(=O)N[C@@H](c1ccccc1)c1nccs1)CC2. The molecule has 0 radical (unpaired) electrons. The molecule has 2 aromatic heterocycles. The van der Waals surface area contributed by atoms with Crippen LogP contribution in [0.5, 0.6) is 0 Å². The van der Waals surface area contributed by atoms with Gasteiger partial charge in [0.25, 0.3) is 0 Å². The Hall–Kier alpha value is -2.54. The van der Waals surface area contributed by atoms with Gasteiger partial charge in [0.15, 0.2) is 0 Å². The zero-order valence-electron chi connectivity index (χ0n) is 13.9. The van der Waals surface area contributed by atoms with Gasteiger partial charge in [0.05, 0.1) is 5.92 Å². The predicted octanol–water partition coefficient (Wildman–Crippen LogP) is 2.51. The van der Waals surface area contributed by atoms with Gasteiger partial charge in [-0.1, -0.05) is 30.3 Å². The highest BCUT2D eigenvalue weighted by atomic mass is 32.1. The number of benzene rings is 1. The van der Waals surface area contributed by atoms with Crippen molar-refractivity contribution in [2.45, 2.75) is 32.4 Å². The maximum Gasteiger partial charge on any atom is 0.225 e. The normalized spacial score (nSPS) is 17.7. The Morgan fingerprint density at radius 2 is 2.16 bits per heavy atom. The molecule has 25 heavy (non-hydrogen) atoms. The van der Waals surface area contributed by atoms with E-state index < -0.39 is 0 Å². The summed E-state index contributed by atoms with van der Waals surface area (Å²) in [5.74, 6) is 1.82. The molecule has 6 nitrogen and oxygen atoms in total. The average Bonchev–Trinajstić information content (AvgIpc) is 3.30. The van der Waals surface area contributed by atoms with E-state index in [1.807, 2.05) is 42.6 Å². The number of carbonyl (C=O) groups is 1. The minimum Gasteiger partial charge on any atom is -0.342 e. The molecular weight excluding hydrogens is 334 g/mol. The van der Waals surface area contributed by atoms with E-state index in [1.54, 1.807) is 17.5 Å². The number of aryl methyl sites for hydroxylation is 2. The molecule has 4 rings (SSSR count). The second-order valence-corrected chi connectivity index (χ2v) is 7.16. The molecule has 0 saturated carbocycles. The van der Waals surface area contributed by atoms with Crippen LogP contribution in [0.25, 0.3) is 0 Å². The largest absolute Gasteiger partial charge is 0.342 e. The maximum atomic E-state index is 12.9. The van der Waals surface area contributed by atoms with Crippen LogP contribution in [0.1, 0.15) is 34.7 Å². The number of hydrogen-bond acceptors (Lipinski definition) is 5. The van der Waals surface area contributed by atoms with Crippen molar-refractivity contribution in [2.24, 2.45) is 5.92 Å². The minimum absolute atomic E-state index is 0.0582. The summed E-state index contributed by atoms with van der Waals surface area (Å²) in [6, 6.07) is 9.77. The summed E-state index contributed by atoms with van der Waals surface area (Å²) in [6.07, 6.45) is 3.35. The number of hydrogen-bond donors (Lipinski definition) is 1. The molecule has 2 atom stereocenters. The van der Waals surface area contributed by atoms with Crippen molar-refractivity contribution in [3.05, 3.63) is 64.1 Å². The molecule has 1 aliphatic rings. The molecule has 0 saturated heterocycles. The molecule has 3 heterocycles. The van der Waals surface area contributed by atoms with E-state index in [4.69, 9.17) is 0 Å². The van der Waals surface area contributed by atoms with Crippen LogP contribution >= 0.6 is 11.3 Å². The van der Waals surface area contributed by atoms with Crippen molar-refractivity contribution in [1.29, 1.82) is 0 Å². The van der Waals surface area contributed by atoms with Crippen LogP contribution in [0.15, 0.2) is 41.9 Å². The second kappa shape index (κ2) is 6.76. The summed E-state index contributed by atoms with van der Waals surface area (Å²) in [7, 11) is 0. The topological polar surface area (TPSA) is 72.7 Å². The summed E-state index contributed by atoms with van der Waals surface area (Å²) in [5, 5.41) is 14.3. The molecule has 1 amide bonds. The first-order valence-electron chi connectivity index (χ1n) is 8.36. The molecule has 0 spiro atoms. The number of amides is 1. The Bertz CT molecular complexity index is 859. The second-order valence-electron chi connectivity index (χ2n) is 6.23. The third kappa shape index (κ3) is 3.19. The third-order valence-electron chi connectivity index (χ3n) is 4.62. The van der Waals surface area contributed by atoms with Gasteiger partial charge in [0, 0.05) is 24.5 Å². The Kier molecular flexibility index (Phi) is 4.31.